The summed E-state index contributed by atoms with van der Waals surface area (Å²) in [5.74, 6) is -0.189. The Kier molecular flexibility index (Phi) is 4.57. The minimum atomic E-state index is -0.317. The van der Waals surface area contributed by atoms with Crippen LogP contribution in [-0.4, -0.2) is 53.3 Å². The molecule has 0 bridgehead atoms. The number of piperidine rings is 1. The maximum absolute atomic E-state index is 13.7. The maximum Gasteiger partial charge on any atom is 0.253 e. The first-order valence-electron chi connectivity index (χ1n) is 10.4. The van der Waals surface area contributed by atoms with Gasteiger partial charge in [-0.15, -0.1) is 0 Å². The van der Waals surface area contributed by atoms with E-state index in [1.165, 1.54) is 6.07 Å². The van der Waals surface area contributed by atoms with E-state index in [-0.39, 0.29) is 23.5 Å². The van der Waals surface area contributed by atoms with E-state index in [2.05, 4.69) is 4.98 Å². The third-order valence-corrected chi connectivity index (χ3v) is 6.59. The predicted molar refractivity (Wildman–Crippen MR) is 113 cm³/mol. The van der Waals surface area contributed by atoms with Crippen molar-refractivity contribution in [1.29, 1.82) is 0 Å². The van der Waals surface area contributed by atoms with Gasteiger partial charge < -0.3 is 14.8 Å². The second-order valence-electron chi connectivity index (χ2n) is 8.36. The molecule has 1 N–H and O–H groups in total. The molecule has 0 radical (unpaired) electrons. The first-order chi connectivity index (χ1) is 14.5. The molecule has 1 aromatic heterocycles. The summed E-state index contributed by atoms with van der Waals surface area (Å²) in [5.41, 5.74) is 3.53. The highest BCUT2D eigenvalue weighted by atomic mass is 19.1. The molecule has 1 saturated heterocycles. The van der Waals surface area contributed by atoms with Crippen LogP contribution in [0, 0.1) is 5.82 Å². The van der Waals surface area contributed by atoms with Crippen LogP contribution in [0.3, 0.4) is 0 Å². The number of nitrogens with one attached hydrogen (secondary N) is 1. The van der Waals surface area contributed by atoms with Gasteiger partial charge in [-0.2, -0.15) is 0 Å². The standard InChI is InChI=1S/C24H24FN3O2/c1-27-14-21(17-4-2-3-5-18(17)23(27)29)24(30)28-10-8-15(9-11-28)20-13-26-22-7-6-16(25)12-19(20)22/h2-7,12-13,15,21,26H,8-11,14H2,1H3. The van der Waals surface area contributed by atoms with Gasteiger partial charge in [0, 0.05) is 49.3 Å². The number of hydrogen-bond acceptors (Lipinski definition) is 2. The Morgan fingerprint density at radius 2 is 1.87 bits per heavy atom. The summed E-state index contributed by atoms with van der Waals surface area (Å²) in [6.45, 7) is 1.75. The molecule has 0 aliphatic carbocycles. The van der Waals surface area contributed by atoms with E-state index in [0.717, 1.165) is 34.9 Å². The SMILES string of the molecule is CN1CC(C(=O)N2CCC(c3c[nH]c4ccc(F)cc34)CC2)c2ccccc2C1=O. The van der Waals surface area contributed by atoms with Gasteiger partial charge in [-0.05, 0) is 54.2 Å². The van der Waals surface area contributed by atoms with E-state index < -0.39 is 0 Å². The summed E-state index contributed by atoms with van der Waals surface area (Å²) in [4.78, 5) is 32.6. The van der Waals surface area contributed by atoms with Crippen molar-refractivity contribution in [2.24, 2.45) is 0 Å². The lowest BCUT2D eigenvalue weighted by Gasteiger charge is -2.37. The normalized spacial score (nSPS) is 19.9. The van der Waals surface area contributed by atoms with Crippen LogP contribution in [0.5, 0.6) is 0 Å². The van der Waals surface area contributed by atoms with Crippen LogP contribution in [0.4, 0.5) is 4.39 Å². The van der Waals surface area contributed by atoms with Crippen molar-refractivity contribution in [3.05, 3.63) is 71.2 Å². The third-order valence-electron chi connectivity index (χ3n) is 6.59. The molecule has 3 heterocycles. The third kappa shape index (κ3) is 3.07. The Morgan fingerprint density at radius 3 is 2.67 bits per heavy atom. The fourth-order valence-corrected chi connectivity index (χ4v) is 4.95. The number of H-pyrrole nitrogens is 1. The lowest BCUT2D eigenvalue weighted by atomic mass is 9.86. The van der Waals surface area contributed by atoms with Crippen LogP contribution in [0.1, 0.15) is 46.2 Å². The Hall–Kier alpha value is -3.15. The van der Waals surface area contributed by atoms with Gasteiger partial charge in [0.25, 0.3) is 5.91 Å². The number of fused-ring (bicyclic) bond motifs is 2. The smallest absolute Gasteiger partial charge is 0.253 e. The molecule has 1 unspecified atom stereocenters. The number of rotatable bonds is 2. The number of carbonyl (C=O) groups excluding carboxylic acids is 2. The predicted octanol–water partition coefficient (Wildman–Crippen LogP) is 3.88. The van der Waals surface area contributed by atoms with Gasteiger partial charge in [0.15, 0.2) is 0 Å². The highest BCUT2D eigenvalue weighted by molar-refractivity contribution is 6.00. The zero-order valence-corrected chi connectivity index (χ0v) is 16.9. The molecular formula is C24H24FN3O2. The second kappa shape index (κ2) is 7.27. The fraction of sp³-hybridized carbons (Fsp3) is 0.333. The van der Waals surface area contributed by atoms with Gasteiger partial charge in [-0.25, -0.2) is 4.39 Å². The van der Waals surface area contributed by atoms with Gasteiger partial charge in [0.1, 0.15) is 5.82 Å². The van der Waals surface area contributed by atoms with E-state index >= 15 is 0 Å². The number of carbonyl (C=O) groups is 2. The maximum atomic E-state index is 13.7. The van der Waals surface area contributed by atoms with Crippen molar-refractivity contribution in [2.45, 2.75) is 24.7 Å². The zero-order chi connectivity index (χ0) is 20.8. The van der Waals surface area contributed by atoms with Crippen LogP contribution in [0.25, 0.3) is 10.9 Å². The largest absolute Gasteiger partial charge is 0.361 e. The molecule has 3 aromatic rings. The van der Waals surface area contributed by atoms with Gasteiger partial charge in [-0.3, -0.25) is 9.59 Å². The van der Waals surface area contributed by atoms with Crippen molar-refractivity contribution in [2.75, 3.05) is 26.7 Å². The van der Waals surface area contributed by atoms with Crippen molar-refractivity contribution in [3.63, 3.8) is 0 Å². The number of aromatic nitrogens is 1. The minimum Gasteiger partial charge on any atom is -0.361 e. The second-order valence-corrected chi connectivity index (χ2v) is 8.36. The molecule has 1 fully saturated rings. The Bertz CT molecular complexity index is 1130. The summed E-state index contributed by atoms with van der Waals surface area (Å²) >= 11 is 0. The molecular weight excluding hydrogens is 381 g/mol. The number of aromatic amines is 1. The molecule has 30 heavy (non-hydrogen) atoms. The van der Waals surface area contributed by atoms with Crippen molar-refractivity contribution >= 4 is 22.7 Å². The summed E-state index contributed by atoms with van der Waals surface area (Å²) in [5, 5.41) is 0.932. The van der Waals surface area contributed by atoms with Crippen molar-refractivity contribution in [1.82, 2.24) is 14.8 Å². The summed E-state index contributed by atoms with van der Waals surface area (Å²) in [6, 6.07) is 12.3. The molecule has 2 aromatic carbocycles. The first kappa shape index (κ1) is 18.9. The quantitative estimate of drug-likeness (QED) is 0.703. The molecule has 2 aliphatic rings. The summed E-state index contributed by atoms with van der Waals surface area (Å²) < 4.78 is 13.7. The van der Waals surface area contributed by atoms with Gasteiger partial charge in [0.05, 0.1) is 5.92 Å². The van der Waals surface area contributed by atoms with E-state index in [9.17, 15) is 14.0 Å². The van der Waals surface area contributed by atoms with Gasteiger partial charge >= 0.3 is 0 Å². The van der Waals surface area contributed by atoms with Crippen molar-refractivity contribution < 1.29 is 14.0 Å². The van der Waals surface area contributed by atoms with Gasteiger partial charge in [0.2, 0.25) is 5.91 Å². The molecule has 0 spiro atoms. The molecule has 0 saturated carbocycles. The van der Waals surface area contributed by atoms with Crippen LogP contribution >= 0.6 is 0 Å². The number of likely N-dealkylation sites (N-methyl/N-ethyl adjacent to an activating group) is 1. The monoisotopic (exact) mass is 405 g/mol. The van der Waals surface area contributed by atoms with Crippen molar-refractivity contribution in [3.8, 4) is 0 Å². The average molecular weight is 405 g/mol. The molecule has 2 aliphatic heterocycles. The molecule has 5 rings (SSSR count). The fourth-order valence-electron chi connectivity index (χ4n) is 4.95. The van der Waals surface area contributed by atoms with Crippen LogP contribution in [-0.2, 0) is 4.79 Å². The zero-order valence-electron chi connectivity index (χ0n) is 16.9. The van der Waals surface area contributed by atoms with E-state index in [4.69, 9.17) is 0 Å². The number of benzene rings is 2. The summed E-state index contributed by atoms with van der Waals surface area (Å²) in [6.07, 6.45) is 3.67. The molecule has 5 nitrogen and oxygen atoms in total. The van der Waals surface area contributed by atoms with E-state index in [1.54, 1.807) is 30.1 Å². The highest BCUT2D eigenvalue weighted by Crippen LogP contribution is 2.35. The highest BCUT2D eigenvalue weighted by Gasteiger charge is 2.36. The first-order valence-corrected chi connectivity index (χ1v) is 10.4. The van der Waals surface area contributed by atoms with Gasteiger partial charge in [-0.1, -0.05) is 18.2 Å². The Labute approximate surface area is 174 Å². The molecule has 154 valence electrons. The van der Waals surface area contributed by atoms with Crippen LogP contribution in [0.2, 0.25) is 0 Å². The van der Waals surface area contributed by atoms with Crippen LogP contribution < -0.4 is 0 Å². The van der Waals surface area contributed by atoms with E-state index in [0.29, 0.717) is 31.1 Å². The lowest BCUT2D eigenvalue weighted by molar-refractivity contribution is -0.134. The summed E-state index contributed by atoms with van der Waals surface area (Å²) in [7, 11) is 1.75. The van der Waals surface area contributed by atoms with E-state index in [1.807, 2.05) is 29.3 Å². The topological polar surface area (TPSA) is 56.4 Å². The Balaban J connectivity index is 1.33. The minimum absolute atomic E-state index is 0.0278. The molecule has 6 heteroatoms. The number of nitrogens with zero attached hydrogens (tertiary/aromatic N) is 2. The van der Waals surface area contributed by atoms with Crippen LogP contribution in [0.15, 0.2) is 48.7 Å². The average Bonchev–Trinajstić information content (AvgIpc) is 3.19. The number of likely N-dealkylation sites (tertiary alicyclic amines) is 1. The Morgan fingerprint density at radius 1 is 1.10 bits per heavy atom. The molecule has 2 amide bonds. The number of halogens is 1. The number of hydrogen-bond donors (Lipinski definition) is 1. The number of amides is 2. The lowest BCUT2D eigenvalue weighted by Crippen LogP contribution is -2.46. The molecule has 1 atom stereocenters.